The summed E-state index contributed by atoms with van der Waals surface area (Å²) in [7, 11) is 0. The third-order valence-corrected chi connectivity index (χ3v) is 6.21. The molecule has 2 aromatic rings. The van der Waals surface area contributed by atoms with Crippen LogP contribution in [0, 0.1) is 5.92 Å². The van der Waals surface area contributed by atoms with Crippen molar-refractivity contribution in [3.63, 3.8) is 0 Å². The van der Waals surface area contributed by atoms with E-state index in [0.29, 0.717) is 11.8 Å². The fraction of sp³-hybridized carbons (Fsp3) is 0.444. The minimum absolute atomic E-state index is 0.246. The summed E-state index contributed by atoms with van der Waals surface area (Å²) in [5.41, 5.74) is 9.60. The van der Waals surface area contributed by atoms with Crippen molar-refractivity contribution in [3.8, 4) is 0 Å². The van der Waals surface area contributed by atoms with Crippen molar-refractivity contribution in [2.24, 2.45) is 11.7 Å². The molecule has 2 heteroatoms. The van der Waals surface area contributed by atoms with E-state index in [1.54, 1.807) is 10.4 Å². The van der Waals surface area contributed by atoms with Gasteiger partial charge >= 0.3 is 0 Å². The largest absolute Gasteiger partial charge is 0.323 e. The highest BCUT2D eigenvalue weighted by molar-refractivity contribution is 7.12. The van der Waals surface area contributed by atoms with E-state index in [9.17, 15) is 0 Å². The summed E-state index contributed by atoms with van der Waals surface area (Å²) >= 11 is 1.98. The van der Waals surface area contributed by atoms with Crippen LogP contribution in [0.5, 0.6) is 0 Å². The van der Waals surface area contributed by atoms with Gasteiger partial charge in [0.2, 0.25) is 0 Å². The van der Waals surface area contributed by atoms with Crippen LogP contribution in [-0.2, 0) is 12.8 Å². The molecule has 104 valence electrons. The van der Waals surface area contributed by atoms with Gasteiger partial charge in [-0.25, -0.2) is 0 Å². The van der Waals surface area contributed by atoms with E-state index in [0.717, 1.165) is 0 Å². The van der Waals surface area contributed by atoms with Crippen LogP contribution in [0.4, 0.5) is 0 Å². The van der Waals surface area contributed by atoms with Gasteiger partial charge in [0, 0.05) is 15.8 Å². The lowest BCUT2D eigenvalue weighted by molar-refractivity contribution is 0.625. The highest BCUT2D eigenvalue weighted by Gasteiger charge is 2.43. The second kappa shape index (κ2) is 5.01. The molecule has 3 atom stereocenters. The van der Waals surface area contributed by atoms with Gasteiger partial charge in [-0.3, -0.25) is 0 Å². The van der Waals surface area contributed by atoms with Gasteiger partial charge < -0.3 is 5.73 Å². The molecule has 4 rings (SSSR count). The van der Waals surface area contributed by atoms with Crippen molar-refractivity contribution < 1.29 is 0 Å². The molecular formula is C18H21NS. The molecule has 0 spiro atoms. The van der Waals surface area contributed by atoms with Crippen molar-refractivity contribution in [1.29, 1.82) is 0 Å². The second-order valence-electron chi connectivity index (χ2n) is 6.25. The molecule has 1 aromatic heterocycles. The van der Waals surface area contributed by atoms with E-state index < -0.39 is 0 Å². The van der Waals surface area contributed by atoms with E-state index in [2.05, 4.69) is 36.4 Å². The van der Waals surface area contributed by atoms with Crippen molar-refractivity contribution in [3.05, 3.63) is 57.3 Å². The number of hydrogen-bond acceptors (Lipinski definition) is 2. The SMILES string of the molecule is NC(c1cc2c(s1)CCCC2)C1CC1c1ccccc1. The molecule has 1 nitrogen and oxygen atoms in total. The third kappa shape index (κ3) is 2.21. The third-order valence-electron chi connectivity index (χ3n) is 4.87. The maximum absolute atomic E-state index is 6.55. The number of aryl methyl sites for hydroxylation is 2. The average Bonchev–Trinajstić information content (AvgIpc) is 3.18. The van der Waals surface area contributed by atoms with Crippen LogP contribution in [0.25, 0.3) is 0 Å². The molecule has 1 saturated carbocycles. The Labute approximate surface area is 124 Å². The zero-order valence-electron chi connectivity index (χ0n) is 11.7. The van der Waals surface area contributed by atoms with Gasteiger partial charge in [0.1, 0.15) is 0 Å². The summed E-state index contributed by atoms with van der Waals surface area (Å²) in [5, 5.41) is 0. The predicted molar refractivity (Wildman–Crippen MR) is 85.2 cm³/mol. The molecule has 1 heterocycles. The molecule has 0 bridgehead atoms. The van der Waals surface area contributed by atoms with Gasteiger partial charge in [-0.05, 0) is 61.1 Å². The van der Waals surface area contributed by atoms with Crippen LogP contribution < -0.4 is 5.73 Å². The van der Waals surface area contributed by atoms with Crippen LogP contribution in [0.15, 0.2) is 36.4 Å². The number of nitrogens with two attached hydrogens (primary N) is 1. The Bertz CT molecular complexity index is 578. The Balaban J connectivity index is 1.51. The maximum atomic E-state index is 6.55. The standard InChI is InChI=1S/C18H21NS/c19-18(15-11-14(15)12-6-2-1-3-7-12)17-10-13-8-4-5-9-16(13)20-17/h1-3,6-7,10,14-15,18H,4-5,8-9,11,19H2. The smallest absolute Gasteiger partial charge is 0.0424 e. The van der Waals surface area contributed by atoms with Crippen LogP contribution in [-0.4, -0.2) is 0 Å². The first kappa shape index (κ1) is 12.6. The minimum atomic E-state index is 0.246. The number of rotatable bonds is 3. The molecule has 2 N–H and O–H groups in total. The normalized spacial score (nSPS) is 26.1. The summed E-state index contributed by atoms with van der Waals surface area (Å²) in [4.78, 5) is 3.04. The molecule has 20 heavy (non-hydrogen) atoms. The summed E-state index contributed by atoms with van der Waals surface area (Å²) < 4.78 is 0. The number of fused-ring (bicyclic) bond motifs is 1. The predicted octanol–water partition coefficient (Wildman–Crippen LogP) is 4.43. The van der Waals surface area contributed by atoms with Gasteiger partial charge in [-0.2, -0.15) is 0 Å². The van der Waals surface area contributed by atoms with E-state index in [4.69, 9.17) is 5.73 Å². The Morgan fingerprint density at radius 3 is 2.70 bits per heavy atom. The molecule has 3 unspecified atom stereocenters. The lowest BCUT2D eigenvalue weighted by atomic mass is 9.98. The zero-order valence-corrected chi connectivity index (χ0v) is 12.5. The fourth-order valence-electron chi connectivity index (χ4n) is 3.58. The first-order valence-corrected chi connectivity index (χ1v) is 8.56. The van der Waals surface area contributed by atoms with Crippen LogP contribution in [0.3, 0.4) is 0 Å². The van der Waals surface area contributed by atoms with Gasteiger partial charge in [0.15, 0.2) is 0 Å². The Kier molecular flexibility index (Phi) is 3.16. The van der Waals surface area contributed by atoms with Gasteiger partial charge in [-0.15, -0.1) is 11.3 Å². The Hall–Kier alpha value is -1.12. The molecule has 2 aliphatic carbocycles. The first-order chi connectivity index (χ1) is 9.83. The van der Waals surface area contributed by atoms with E-state index in [-0.39, 0.29) is 6.04 Å². The first-order valence-electron chi connectivity index (χ1n) is 7.75. The van der Waals surface area contributed by atoms with E-state index >= 15 is 0 Å². The molecule has 0 radical (unpaired) electrons. The molecule has 0 amide bonds. The summed E-state index contributed by atoms with van der Waals surface area (Å²) in [6, 6.07) is 13.5. The van der Waals surface area contributed by atoms with Gasteiger partial charge in [0.05, 0.1) is 0 Å². The molecule has 0 saturated heterocycles. The summed E-state index contributed by atoms with van der Waals surface area (Å²) in [5.74, 6) is 1.34. The molecule has 1 fully saturated rings. The van der Waals surface area contributed by atoms with Crippen molar-refractivity contribution >= 4 is 11.3 Å². The van der Waals surface area contributed by atoms with Crippen LogP contribution in [0.2, 0.25) is 0 Å². The summed E-state index contributed by atoms with van der Waals surface area (Å²) in [6.45, 7) is 0. The number of hydrogen-bond donors (Lipinski definition) is 1. The molecule has 2 aliphatic rings. The van der Waals surface area contributed by atoms with Crippen molar-refractivity contribution in [2.45, 2.75) is 44.1 Å². The summed E-state index contributed by atoms with van der Waals surface area (Å²) in [6.07, 6.45) is 6.52. The van der Waals surface area contributed by atoms with Crippen LogP contribution >= 0.6 is 11.3 Å². The topological polar surface area (TPSA) is 26.0 Å². The van der Waals surface area contributed by atoms with Gasteiger partial charge in [-0.1, -0.05) is 30.3 Å². The Morgan fingerprint density at radius 1 is 1.10 bits per heavy atom. The van der Waals surface area contributed by atoms with E-state index in [1.165, 1.54) is 42.5 Å². The lowest BCUT2D eigenvalue weighted by Crippen LogP contribution is -2.11. The number of benzene rings is 1. The van der Waals surface area contributed by atoms with Crippen molar-refractivity contribution in [1.82, 2.24) is 0 Å². The second-order valence-corrected chi connectivity index (χ2v) is 7.42. The molecule has 0 aliphatic heterocycles. The maximum Gasteiger partial charge on any atom is 0.0424 e. The Morgan fingerprint density at radius 2 is 1.90 bits per heavy atom. The van der Waals surface area contributed by atoms with E-state index in [1.807, 2.05) is 11.3 Å². The minimum Gasteiger partial charge on any atom is -0.323 e. The highest BCUT2D eigenvalue weighted by atomic mass is 32.1. The quantitative estimate of drug-likeness (QED) is 0.886. The van der Waals surface area contributed by atoms with Gasteiger partial charge in [0.25, 0.3) is 0 Å². The molecular weight excluding hydrogens is 262 g/mol. The lowest BCUT2D eigenvalue weighted by Gasteiger charge is -2.09. The average molecular weight is 283 g/mol. The monoisotopic (exact) mass is 283 g/mol. The zero-order chi connectivity index (χ0) is 13.5. The van der Waals surface area contributed by atoms with Crippen molar-refractivity contribution in [2.75, 3.05) is 0 Å². The highest BCUT2D eigenvalue weighted by Crippen LogP contribution is 2.54. The van der Waals surface area contributed by atoms with Crippen LogP contribution in [0.1, 0.15) is 52.1 Å². The molecule has 1 aromatic carbocycles. The number of thiophene rings is 1. The fourth-order valence-corrected chi connectivity index (χ4v) is 4.92.